The highest BCUT2D eigenvalue weighted by Crippen LogP contribution is 2.49. The largest absolute Gasteiger partial charge is 0.357 e. The average Bonchev–Trinajstić information content (AvgIpc) is 2.94. The van der Waals surface area contributed by atoms with Crippen LogP contribution in [0.1, 0.15) is 38.3 Å². The summed E-state index contributed by atoms with van der Waals surface area (Å²) in [6, 6.07) is 14.8. The normalized spacial score (nSPS) is 19.1. The molecule has 0 radical (unpaired) electrons. The van der Waals surface area contributed by atoms with Gasteiger partial charge in [0.15, 0.2) is 12.1 Å². The standard InChI is InChI=1S/C27H32ClN3O4/c1-27(2)13-20-25(22(32)14-27)26(17-9-5-6-10-18(17)28)31(21-12-8-7-11-19(21)30-20)16-23(33)29-15-24(34-3)35-4/h5-12,24,26,30H,13-16H2,1-4H3,(H,29,33). The molecule has 0 saturated heterocycles. The van der Waals surface area contributed by atoms with Gasteiger partial charge in [0.2, 0.25) is 5.91 Å². The van der Waals surface area contributed by atoms with E-state index < -0.39 is 12.3 Å². The molecule has 0 spiro atoms. The number of hydrogen-bond donors (Lipinski definition) is 2. The Morgan fingerprint density at radius 1 is 1.14 bits per heavy atom. The van der Waals surface area contributed by atoms with Crippen molar-refractivity contribution < 1.29 is 19.1 Å². The lowest BCUT2D eigenvalue weighted by Gasteiger charge is -2.38. The number of carbonyl (C=O) groups is 2. The molecule has 4 rings (SSSR count). The maximum Gasteiger partial charge on any atom is 0.239 e. The molecular weight excluding hydrogens is 466 g/mol. The predicted molar refractivity (Wildman–Crippen MR) is 137 cm³/mol. The zero-order valence-electron chi connectivity index (χ0n) is 20.6. The molecule has 2 aromatic carbocycles. The second-order valence-electron chi connectivity index (χ2n) is 9.73. The first-order chi connectivity index (χ1) is 16.7. The molecule has 186 valence electrons. The Labute approximate surface area is 211 Å². The van der Waals surface area contributed by atoms with E-state index in [1.165, 1.54) is 14.2 Å². The highest BCUT2D eigenvalue weighted by Gasteiger charge is 2.42. The summed E-state index contributed by atoms with van der Waals surface area (Å²) < 4.78 is 10.4. The summed E-state index contributed by atoms with van der Waals surface area (Å²) in [4.78, 5) is 28.8. The number of hydrogen-bond acceptors (Lipinski definition) is 6. The van der Waals surface area contributed by atoms with E-state index in [1.807, 2.05) is 53.4 Å². The minimum atomic E-state index is -0.548. The zero-order valence-corrected chi connectivity index (χ0v) is 21.3. The van der Waals surface area contributed by atoms with Crippen molar-refractivity contribution in [3.8, 4) is 0 Å². The van der Waals surface area contributed by atoms with Gasteiger partial charge in [0.25, 0.3) is 0 Å². The fourth-order valence-corrected chi connectivity index (χ4v) is 5.16. The Balaban J connectivity index is 1.83. The lowest BCUT2D eigenvalue weighted by atomic mass is 9.73. The molecule has 2 aromatic rings. The van der Waals surface area contributed by atoms with Crippen molar-refractivity contribution in [2.45, 2.75) is 39.0 Å². The van der Waals surface area contributed by atoms with E-state index >= 15 is 0 Å². The third-order valence-electron chi connectivity index (χ3n) is 6.51. The molecule has 2 N–H and O–H groups in total. The summed E-state index contributed by atoms with van der Waals surface area (Å²) in [5.41, 5.74) is 3.82. The molecule has 1 aliphatic carbocycles. The van der Waals surface area contributed by atoms with Gasteiger partial charge >= 0.3 is 0 Å². The number of methoxy groups -OCH3 is 2. The summed E-state index contributed by atoms with van der Waals surface area (Å²) in [5.74, 6) is -0.158. The van der Waals surface area contributed by atoms with Gasteiger partial charge in [-0.25, -0.2) is 0 Å². The van der Waals surface area contributed by atoms with E-state index in [9.17, 15) is 9.59 Å². The Hall–Kier alpha value is -2.87. The summed E-state index contributed by atoms with van der Waals surface area (Å²) in [5, 5.41) is 6.97. The molecule has 0 fully saturated rings. The van der Waals surface area contributed by atoms with Crippen LogP contribution < -0.4 is 15.5 Å². The highest BCUT2D eigenvalue weighted by molar-refractivity contribution is 6.31. The number of Topliss-reactive ketones (excluding diaryl/α,β-unsaturated/α-hetero) is 1. The third-order valence-corrected chi connectivity index (χ3v) is 6.85. The molecule has 1 amide bonds. The number of fused-ring (bicyclic) bond motifs is 1. The first kappa shape index (κ1) is 25.2. The molecular formula is C27H32ClN3O4. The van der Waals surface area contributed by atoms with Gasteiger partial charge in [-0.3, -0.25) is 9.59 Å². The number of rotatable bonds is 7. The maximum absolute atomic E-state index is 13.7. The van der Waals surface area contributed by atoms with Gasteiger partial charge in [0.1, 0.15) is 0 Å². The number of nitrogens with one attached hydrogen (secondary N) is 2. The van der Waals surface area contributed by atoms with Crippen LogP contribution in [0.4, 0.5) is 11.4 Å². The van der Waals surface area contributed by atoms with Gasteiger partial charge in [-0.2, -0.15) is 0 Å². The third kappa shape index (κ3) is 5.37. The summed E-state index contributed by atoms with van der Waals surface area (Å²) >= 11 is 6.70. The Bertz CT molecular complexity index is 1140. The minimum Gasteiger partial charge on any atom is -0.357 e. The van der Waals surface area contributed by atoms with Crippen LogP contribution in [0.5, 0.6) is 0 Å². The Morgan fingerprint density at radius 2 is 1.83 bits per heavy atom. The number of para-hydroxylation sites is 2. The lowest BCUT2D eigenvalue weighted by Crippen LogP contribution is -2.44. The first-order valence-electron chi connectivity index (χ1n) is 11.7. The fourth-order valence-electron chi connectivity index (χ4n) is 4.92. The molecule has 0 bridgehead atoms. The predicted octanol–water partition coefficient (Wildman–Crippen LogP) is 4.69. The summed E-state index contributed by atoms with van der Waals surface area (Å²) in [7, 11) is 3.04. The molecule has 1 heterocycles. The number of ether oxygens (including phenoxy) is 2. The van der Waals surface area contributed by atoms with Crippen molar-refractivity contribution in [3.05, 3.63) is 70.4 Å². The number of benzene rings is 2. The second-order valence-corrected chi connectivity index (χ2v) is 10.1. The van der Waals surface area contributed by atoms with Crippen LogP contribution in [-0.4, -0.2) is 45.3 Å². The van der Waals surface area contributed by atoms with E-state index in [-0.39, 0.29) is 30.2 Å². The van der Waals surface area contributed by atoms with Crippen molar-refractivity contribution in [1.82, 2.24) is 5.32 Å². The van der Waals surface area contributed by atoms with E-state index in [4.69, 9.17) is 21.1 Å². The number of carbonyl (C=O) groups excluding carboxylic acids is 2. The van der Waals surface area contributed by atoms with Crippen molar-refractivity contribution in [2.75, 3.05) is 37.5 Å². The molecule has 2 aliphatic rings. The SMILES string of the molecule is COC(CNC(=O)CN1c2ccccc2NC2=C(C(=O)CC(C)(C)C2)C1c1ccccc1Cl)OC. The quantitative estimate of drug-likeness (QED) is 0.540. The fraction of sp³-hybridized carbons (Fsp3) is 0.407. The van der Waals surface area contributed by atoms with Gasteiger partial charge in [-0.1, -0.05) is 55.8 Å². The van der Waals surface area contributed by atoms with Crippen LogP contribution in [0.25, 0.3) is 0 Å². The van der Waals surface area contributed by atoms with Crippen molar-refractivity contribution in [3.63, 3.8) is 0 Å². The average molecular weight is 498 g/mol. The lowest BCUT2D eigenvalue weighted by molar-refractivity contribution is -0.126. The van der Waals surface area contributed by atoms with Crippen LogP contribution >= 0.6 is 11.6 Å². The van der Waals surface area contributed by atoms with E-state index in [2.05, 4.69) is 24.5 Å². The van der Waals surface area contributed by atoms with Gasteiger partial charge < -0.3 is 25.0 Å². The highest BCUT2D eigenvalue weighted by atomic mass is 35.5. The van der Waals surface area contributed by atoms with Gasteiger partial charge in [0.05, 0.1) is 30.5 Å². The monoisotopic (exact) mass is 497 g/mol. The smallest absolute Gasteiger partial charge is 0.239 e. The van der Waals surface area contributed by atoms with Gasteiger partial charge in [-0.15, -0.1) is 0 Å². The Kier molecular flexibility index (Phi) is 7.50. The van der Waals surface area contributed by atoms with Gasteiger partial charge in [0, 0.05) is 36.9 Å². The number of allylic oxidation sites excluding steroid dienone is 1. The first-order valence-corrected chi connectivity index (χ1v) is 12.1. The van der Waals surface area contributed by atoms with Crippen molar-refractivity contribution >= 4 is 34.7 Å². The van der Waals surface area contributed by atoms with Crippen LogP contribution in [0.3, 0.4) is 0 Å². The topological polar surface area (TPSA) is 79.9 Å². The number of anilines is 2. The van der Waals surface area contributed by atoms with Crippen LogP contribution in [-0.2, 0) is 19.1 Å². The molecule has 1 atom stereocenters. The van der Waals surface area contributed by atoms with E-state index in [0.717, 1.165) is 22.6 Å². The van der Waals surface area contributed by atoms with Crippen molar-refractivity contribution in [2.24, 2.45) is 5.41 Å². The number of halogens is 1. The minimum absolute atomic E-state index is 0.0161. The molecule has 1 aliphatic heterocycles. The van der Waals surface area contributed by atoms with Crippen LogP contribution in [0.15, 0.2) is 59.8 Å². The molecule has 0 saturated carbocycles. The molecule has 8 heteroatoms. The number of nitrogens with zero attached hydrogens (tertiary/aromatic N) is 1. The van der Waals surface area contributed by atoms with E-state index in [0.29, 0.717) is 23.4 Å². The summed E-state index contributed by atoms with van der Waals surface area (Å²) in [6.07, 6.45) is 0.592. The maximum atomic E-state index is 13.7. The molecule has 35 heavy (non-hydrogen) atoms. The second kappa shape index (κ2) is 10.4. The molecule has 1 unspecified atom stereocenters. The van der Waals surface area contributed by atoms with E-state index in [1.54, 1.807) is 0 Å². The van der Waals surface area contributed by atoms with Gasteiger partial charge in [-0.05, 0) is 35.6 Å². The Morgan fingerprint density at radius 3 is 2.54 bits per heavy atom. The summed E-state index contributed by atoms with van der Waals surface area (Å²) in [6.45, 7) is 4.43. The van der Waals surface area contributed by atoms with Crippen molar-refractivity contribution in [1.29, 1.82) is 0 Å². The zero-order chi connectivity index (χ0) is 25.2. The number of amides is 1. The van der Waals surface area contributed by atoms with Crippen LogP contribution in [0.2, 0.25) is 5.02 Å². The van der Waals surface area contributed by atoms with Crippen LogP contribution in [0, 0.1) is 5.41 Å². The molecule has 0 aromatic heterocycles. The number of ketones is 1. The molecule has 7 nitrogen and oxygen atoms in total.